The number of ether oxygens (including phenoxy) is 3. The van der Waals surface area contributed by atoms with Crippen LogP contribution >= 0.6 is 0 Å². The molecule has 0 amide bonds. The first-order valence-electron chi connectivity index (χ1n) is 14.2. The van der Waals surface area contributed by atoms with Crippen LogP contribution < -0.4 is 19.7 Å². The van der Waals surface area contributed by atoms with Crippen molar-refractivity contribution in [2.75, 3.05) is 83.0 Å². The zero-order valence-electron chi connectivity index (χ0n) is 22.9. The molecule has 0 aliphatic carbocycles. The summed E-state index contributed by atoms with van der Waals surface area (Å²) in [4.78, 5) is 17.3. The van der Waals surface area contributed by atoms with Gasteiger partial charge in [-0.3, -0.25) is 0 Å². The molecule has 5 rings (SSSR count). The van der Waals surface area contributed by atoms with E-state index in [0.717, 1.165) is 86.2 Å². The first kappa shape index (κ1) is 26.3. The molecular weight excluding hydrogens is 468 g/mol. The summed E-state index contributed by atoms with van der Waals surface area (Å²) in [6.07, 6.45) is 5.85. The van der Waals surface area contributed by atoms with Gasteiger partial charge in [0, 0.05) is 56.3 Å². The van der Waals surface area contributed by atoms with Crippen molar-refractivity contribution in [2.45, 2.75) is 58.0 Å². The SMILES string of the molecule is COc1cc2c(NC3CCN(C(C)C)CC3)nc(N3CCOCC3)nc2cc1OCCCN1CCCC1. The maximum Gasteiger partial charge on any atom is 0.228 e. The molecule has 1 aromatic carbocycles. The van der Waals surface area contributed by atoms with E-state index in [1.54, 1.807) is 7.11 Å². The minimum absolute atomic E-state index is 0.387. The van der Waals surface area contributed by atoms with Crippen LogP contribution in [0.15, 0.2) is 12.1 Å². The monoisotopic (exact) mass is 512 g/mol. The van der Waals surface area contributed by atoms with Gasteiger partial charge in [0.1, 0.15) is 5.82 Å². The molecule has 0 bridgehead atoms. The Labute approximate surface area is 221 Å². The highest BCUT2D eigenvalue weighted by molar-refractivity contribution is 5.93. The maximum atomic E-state index is 6.23. The van der Waals surface area contributed by atoms with Crippen LogP contribution in [-0.2, 0) is 4.74 Å². The third-order valence-corrected chi connectivity index (χ3v) is 7.94. The fourth-order valence-electron chi connectivity index (χ4n) is 5.64. The second-order valence-corrected chi connectivity index (χ2v) is 10.8. The van der Waals surface area contributed by atoms with Crippen molar-refractivity contribution in [1.82, 2.24) is 19.8 Å². The normalized spacial score (nSPS) is 20.2. The molecule has 4 heterocycles. The Kier molecular flexibility index (Phi) is 8.84. The van der Waals surface area contributed by atoms with Gasteiger partial charge in [-0.1, -0.05) is 0 Å². The average Bonchev–Trinajstić information content (AvgIpc) is 3.45. The summed E-state index contributed by atoms with van der Waals surface area (Å²) in [6.45, 7) is 13.9. The predicted molar refractivity (Wildman–Crippen MR) is 148 cm³/mol. The van der Waals surface area contributed by atoms with Gasteiger partial charge >= 0.3 is 0 Å². The van der Waals surface area contributed by atoms with Crippen LogP contribution in [0.1, 0.15) is 46.0 Å². The molecule has 2 aromatic rings. The molecule has 3 saturated heterocycles. The van der Waals surface area contributed by atoms with Crippen LogP contribution in [0.5, 0.6) is 11.5 Å². The van der Waals surface area contributed by atoms with E-state index in [4.69, 9.17) is 24.2 Å². The zero-order chi connectivity index (χ0) is 25.6. The van der Waals surface area contributed by atoms with E-state index < -0.39 is 0 Å². The van der Waals surface area contributed by atoms with Crippen LogP contribution in [0.25, 0.3) is 10.9 Å². The molecule has 0 radical (unpaired) electrons. The molecule has 1 aromatic heterocycles. The molecule has 0 saturated carbocycles. The van der Waals surface area contributed by atoms with E-state index in [1.165, 1.54) is 25.9 Å². The van der Waals surface area contributed by atoms with Crippen LogP contribution in [0.3, 0.4) is 0 Å². The number of hydrogen-bond donors (Lipinski definition) is 1. The number of anilines is 2. The molecular formula is C28H44N6O3. The standard InChI is InChI=1S/C28H44N6O3/c1-21(2)33-12-7-22(8-13-33)29-27-23-19-25(35-3)26(37-16-6-11-32-9-4-5-10-32)20-24(23)30-28(31-27)34-14-17-36-18-15-34/h19-22H,4-18H2,1-3H3,(H,29,30,31). The molecule has 9 nitrogen and oxygen atoms in total. The van der Waals surface area contributed by atoms with Crippen LogP contribution in [0, 0.1) is 0 Å². The Morgan fingerprint density at radius 3 is 2.46 bits per heavy atom. The Hall–Kier alpha value is -2.36. The summed E-state index contributed by atoms with van der Waals surface area (Å²) in [5.41, 5.74) is 0.883. The molecule has 3 aliphatic rings. The number of fused-ring (bicyclic) bond motifs is 1. The minimum Gasteiger partial charge on any atom is -0.493 e. The summed E-state index contributed by atoms with van der Waals surface area (Å²) in [5.74, 6) is 3.12. The molecule has 0 atom stereocenters. The van der Waals surface area contributed by atoms with Gasteiger partial charge in [0.05, 0.1) is 32.4 Å². The van der Waals surface area contributed by atoms with Gasteiger partial charge in [-0.25, -0.2) is 4.98 Å². The lowest BCUT2D eigenvalue weighted by molar-refractivity contribution is 0.122. The van der Waals surface area contributed by atoms with Crippen LogP contribution in [0.2, 0.25) is 0 Å². The Bertz CT molecular complexity index is 1010. The number of rotatable bonds is 10. The number of hydrogen-bond acceptors (Lipinski definition) is 9. The summed E-state index contributed by atoms with van der Waals surface area (Å²) in [6, 6.07) is 5.05. The lowest BCUT2D eigenvalue weighted by atomic mass is 10.0. The van der Waals surface area contributed by atoms with E-state index in [9.17, 15) is 0 Å². The Balaban J connectivity index is 1.37. The number of nitrogens with one attached hydrogen (secondary N) is 1. The molecule has 37 heavy (non-hydrogen) atoms. The van der Waals surface area contributed by atoms with Crippen molar-refractivity contribution in [3.63, 3.8) is 0 Å². The van der Waals surface area contributed by atoms with E-state index >= 15 is 0 Å². The molecule has 1 N–H and O–H groups in total. The van der Waals surface area contributed by atoms with Gasteiger partial charge in [-0.05, 0) is 65.1 Å². The van der Waals surface area contributed by atoms with Crippen molar-refractivity contribution < 1.29 is 14.2 Å². The fourth-order valence-corrected chi connectivity index (χ4v) is 5.64. The number of benzene rings is 1. The van der Waals surface area contributed by atoms with Gasteiger partial charge in [0.15, 0.2) is 11.5 Å². The summed E-state index contributed by atoms with van der Waals surface area (Å²) in [5, 5.41) is 4.76. The van der Waals surface area contributed by atoms with Crippen molar-refractivity contribution in [2.24, 2.45) is 0 Å². The van der Waals surface area contributed by atoms with Gasteiger partial charge in [0.2, 0.25) is 5.95 Å². The zero-order valence-corrected chi connectivity index (χ0v) is 22.9. The average molecular weight is 513 g/mol. The summed E-state index contributed by atoms with van der Waals surface area (Å²) >= 11 is 0. The predicted octanol–water partition coefficient (Wildman–Crippen LogP) is 3.62. The third-order valence-electron chi connectivity index (χ3n) is 7.94. The topological polar surface area (TPSA) is 75.2 Å². The molecule has 204 valence electrons. The molecule has 0 unspecified atom stereocenters. The highest BCUT2D eigenvalue weighted by Gasteiger charge is 2.24. The van der Waals surface area contributed by atoms with Crippen LogP contribution in [0.4, 0.5) is 11.8 Å². The van der Waals surface area contributed by atoms with E-state index in [2.05, 4.69) is 33.9 Å². The smallest absolute Gasteiger partial charge is 0.228 e. The largest absolute Gasteiger partial charge is 0.493 e. The van der Waals surface area contributed by atoms with Gasteiger partial charge in [-0.2, -0.15) is 4.98 Å². The molecule has 3 aliphatic heterocycles. The molecule has 0 spiro atoms. The first-order valence-corrected chi connectivity index (χ1v) is 14.2. The Morgan fingerprint density at radius 1 is 1.00 bits per heavy atom. The van der Waals surface area contributed by atoms with Gasteiger partial charge in [0.25, 0.3) is 0 Å². The molecule has 9 heteroatoms. The van der Waals surface area contributed by atoms with Crippen LogP contribution in [-0.4, -0.2) is 105 Å². The second kappa shape index (κ2) is 12.5. The minimum atomic E-state index is 0.387. The lowest BCUT2D eigenvalue weighted by Crippen LogP contribution is -2.42. The fraction of sp³-hybridized carbons (Fsp3) is 0.714. The second-order valence-electron chi connectivity index (χ2n) is 10.8. The third kappa shape index (κ3) is 6.56. The Morgan fingerprint density at radius 2 is 1.76 bits per heavy atom. The lowest BCUT2D eigenvalue weighted by Gasteiger charge is -2.35. The van der Waals surface area contributed by atoms with Crippen molar-refractivity contribution in [1.29, 1.82) is 0 Å². The molecule has 3 fully saturated rings. The summed E-state index contributed by atoms with van der Waals surface area (Å²) < 4.78 is 17.6. The van der Waals surface area contributed by atoms with E-state index in [0.29, 0.717) is 31.9 Å². The first-order chi connectivity index (χ1) is 18.1. The number of likely N-dealkylation sites (tertiary alicyclic amines) is 2. The number of piperidine rings is 1. The van der Waals surface area contributed by atoms with Gasteiger partial charge < -0.3 is 34.2 Å². The number of morpholine rings is 1. The highest BCUT2D eigenvalue weighted by Crippen LogP contribution is 2.36. The van der Waals surface area contributed by atoms with Crippen molar-refractivity contribution >= 4 is 22.7 Å². The number of aromatic nitrogens is 2. The van der Waals surface area contributed by atoms with Crippen molar-refractivity contribution in [3.05, 3.63) is 12.1 Å². The number of nitrogens with zero attached hydrogens (tertiary/aromatic N) is 5. The van der Waals surface area contributed by atoms with Gasteiger partial charge in [-0.15, -0.1) is 0 Å². The quantitative estimate of drug-likeness (QED) is 0.480. The van der Waals surface area contributed by atoms with E-state index in [-0.39, 0.29) is 0 Å². The van der Waals surface area contributed by atoms with E-state index in [1.807, 2.05) is 12.1 Å². The number of methoxy groups -OCH3 is 1. The summed E-state index contributed by atoms with van der Waals surface area (Å²) in [7, 11) is 1.70. The highest BCUT2D eigenvalue weighted by atomic mass is 16.5. The van der Waals surface area contributed by atoms with Crippen molar-refractivity contribution in [3.8, 4) is 11.5 Å². The maximum absolute atomic E-state index is 6.23.